The first-order valence-electron chi connectivity index (χ1n) is 5.32. The van der Waals surface area contributed by atoms with E-state index in [-0.39, 0.29) is 24.0 Å². The van der Waals surface area contributed by atoms with Crippen LogP contribution in [-0.4, -0.2) is 26.7 Å². The zero-order valence-corrected chi connectivity index (χ0v) is 10.4. The van der Waals surface area contributed by atoms with E-state index in [1.807, 2.05) is 6.92 Å². The summed E-state index contributed by atoms with van der Waals surface area (Å²) in [6.45, 7) is 2.06. The number of hydrogen-bond donors (Lipinski definition) is 2. The quantitative estimate of drug-likeness (QED) is 0.806. The van der Waals surface area contributed by atoms with Crippen molar-refractivity contribution >= 4 is 10.0 Å². The van der Waals surface area contributed by atoms with Gasteiger partial charge in [0.2, 0.25) is 10.0 Å². The normalized spacial score (nSPS) is 13.6. The Bertz CT molecular complexity index is 462. The van der Waals surface area contributed by atoms with E-state index in [1.165, 1.54) is 18.2 Å². The maximum Gasteiger partial charge on any atom is 0.240 e. The summed E-state index contributed by atoms with van der Waals surface area (Å²) in [6, 6.07) is 4.84. The molecule has 0 spiro atoms. The summed E-state index contributed by atoms with van der Waals surface area (Å²) in [5.74, 6) is -0.556. The summed E-state index contributed by atoms with van der Waals surface area (Å²) < 4.78 is 38.8. The van der Waals surface area contributed by atoms with Crippen LogP contribution in [0.1, 0.15) is 13.3 Å². The molecule has 0 fully saturated rings. The van der Waals surface area contributed by atoms with Crippen LogP contribution in [0, 0.1) is 11.7 Å². The first kappa shape index (κ1) is 14.1. The molecule has 2 N–H and O–H groups in total. The average molecular weight is 261 g/mol. The van der Waals surface area contributed by atoms with Crippen molar-refractivity contribution < 1.29 is 17.9 Å². The highest BCUT2D eigenvalue weighted by atomic mass is 32.2. The van der Waals surface area contributed by atoms with Crippen molar-refractivity contribution in [3.63, 3.8) is 0 Å². The van der Waals surface area contributed by atoms with Gasteiger partial charge in [-0.15, -0.1) is 0 Å². The van der Waals surface area contributed by atoms with Gasteiger partial charge in [0.15, 0.2) is 0 Å². The fourth-order valence-corrected chi connectivity index (χ4v) is 2.49. The summed E-state index contributed by atoms with van der Waals surface area (Å²) in [5.41, 5.74) is 0. The van der Waals surface area contributed by atoms with E-state index >= 15 is 0 Å². The van der Waals surface area contributed by atoms with E-state index in [0.717, 1.165) is 6.07 Å². The van der Waals surface area contributed by atoms with Crippen LogP contribution in [0.4, 0.5) is 4.39 Å². The van der Waals surface area contributed by atoms with Crippen molar-refractivity contribution in [3.05, 3.63) is 30.1 Å². The van der Waals surface area contributed by atoms with Gasteiger partial charge in [-0.1, -0.05) is 13.0 Å². The number of aliphatic hydroxyl groups is 1. The van der Waals surface area contributed by atoms with Gasteiger partial charge >= 0.3 is 0 Å². The third-order valence-electron chi connectivity index (χ3n) is 2.35. The van der Waals surface area contributed by atoms with Crippen LogP contribution >= 0.6 is 0 Å². The lowest BCUT2D eigenvalue weighted by molar-refractivity contribution is 0.263. The smallest absolute Gasteiger partial charge is 0.240 e. The molecule has 0 aliphatic rings. The second kappa shape index (κ2) is 6.09. The van der Waals surface area contributed by atoms with E-state index < -0.39 is 15.8 Å². The lowest BCUT2D eigenvalue weighted by atomic mass is 10.1. The van der Waals surface area contributed by atoms with Gasteiger partial charge in [-0.3, -0.25) is 0 Å². The van der Waals surface area contributed by atoms with E-state index in [4.69, 9.17) is 5.11 Å². The van der Waals surface area contributed by atoms with Crippen LogP contribution < -0.4 is 4.72 Å². The summed E-state index contributed by atoms with van der Waals surface area (Å²) in [4.78, 5) is -0.0892. The number of hydrogen-bond acceptors (Lipinski definition) is 3. The predicted molar refractivity (Wildman–Crippen MR) is 62.5 cm³/mol. The molecule has 1 unspecified atom stereocenters. The minimum absolute atomic E-state index is 0.0167. The summed E-state index contributed by atoms with van der Waals surface area (Å²) in [7, 11) is -3.67. The Balaban J connectivity index is 2.69. The van der Waals surface area contributed by atoms with Gasteiger partial charge < -0.3 is 5.11 Å². The minimum Gasteiger partial charge on any atom is -0.396 e. The molecule has 0 aliphatic heterocycles. The molecule has 0 saturated carbocycles. The van der Waals surface area contributed by atoms with Crippen molar-refractivity contribution in [2.45, 2.75) is 18.2 Å². The van der Waals surface area contributed by atoms with Crippen molar-refractivity contribution in [1.82, 2.24) is 4.72 Å². The zero-order valence-electron chi connectivity index (χ0n) is 9.56. The molecule has 0 radical (unpaired) electrons. The molecule has 1 atom stereocenters. The van der Waals surface area contributed by atoms with Gasteiger partial charge in [-0.05, 0) is 30.5 Å². The van der Waals surface area contributed by atoms with Crippen molar-refractivity contribution in [3.8, 4) is 0 Å². The van der Waals surface area contributed by atoms with Gasteiger partial charge in [0.1, 0.15) is 5.82 Å². The molecule has 0 aromatic heterocycles. The molecule has 1 aromatic rings. The molecule has 4 nitrogen and oxygen atoms in total. The molecule has 0 saturated heterocycles. The Labute approximate surface area is 101 Å². The molecule has 1 rings (SSSR count). The van der Waals surface area contributed by atoms with Crippen molar-refractivity contribution in [2.24, 2.45) is 5.92 Å². The number of rotatable bonds is 6. The van der Waals surface area contributed by atoms with Crippen LogP contribution in [0.25, 0.3) is 0 Å². The predicted octanol–water partition coefficient (Wildman–Crippen LogP) is 1.12. The summed E-state index contributed by atoms with van der Waals surface area (Å²) in [6.07, 6.45) is 0.520. The van der Waals surface area contributed by atoms with Crippen LogP contribution in [0.15, 0.2) is 29.2 Å². The molecule has 17 heavy (non-hydrogen) atoms. The highest BCUT2D eigenvalue weighted by Gasteiger charge is 2.15. The summed E-state index contributed by atoms with van der Waals surface area (Å²) in [5, 5.41) is 8.69. The molecule has 0 amide bonds. The van der Waals surface area contributed by atoms with E-state index in [1.54, 1.807) is 0 Å². The largest absolute Gasteiger partial charge is 0.396 e. The second-order valence-electron chi connectivity index (χ2n) is 3.93. The Morgan fingerprint density at radius 3 is 2.76 bits per heavy atom. The lowest BCUT2D eigenvalue weighted by Gasteiger charge is -2.11. The number of halogens is 1. The Morgan fingerprint density at radius 1 is 1.47 bits per heavy atom. The average Bonchev–Trinajstić information content (AvgIpc) is 2.27. The lowest BCUT2D eigenvalue weighted by Crippen LogP contribution is -2.28. The molecule has 1 aromatic carbocycles. The fourth-order valence-electron chi connectivity index (χ4n) is 1.29. The van der Waals surface area contributed by atoms with Crippen LogP contribution in [-0.2, 0) is 10.0 Å². The molecule has 0 aliphatic carbocycles. The van der Waals surface area contributed by atoms with Gasteiger partial charge in [0, 0.05) is 13.2 Å². The monoisotopic (exact) mass is 261 g/mol. The van der Waals surface area contributed by atoms with Gasteiger partial charge in [-0.25, -0.2) is 17.5 Å². The molecule has 6 heteroatoms. The second-order valence-corrected chi connectivity index (χ2v) is 5.69. The fraction of sp³-hybridized carbons (Fsp3) is 0.455. The maximum atomic E-state index is 12.9. The SMILES string of the molecule is CC(CCO)CNS(=O)(=O)c1cccc(F)c1. The van der Waals surface area contributed by atoms with Gasteiger partial charge in [0.05, 0.1) is 4.90 Å². The topological polar surface area (TPSA) is 66.4 Å². The number of sulfonamides is 1. The Hall–Kier alpha value is -0.980. The van der Waals surface area contributed by atoms with E-state index in [2.05, 4.69) is 4.72 Å². The Kier molecular flexibility index (Phi) is 5.04. The molecule has 0 heterocycles. The number of nitrogens with one attached hydrogen (secondary N) is 1. The molecular formula is C11H16FNO3S. The van der Waals surface area contributed by atoms with E-state index in [0.29, 0.717) is 6.42 Å². The zero-order chi connectivity index (χ0) is 12.9. The first-order valence-corrected chi connectivity index (χ1v) is 6.80. The highest BCUT2D eigenvalue weighted by molar-refractivity contribution is 7.89. The highest BCUT2D eigenvalue weighted by Crippen LogP contribution is 2.11. The number of benzene rings is 1. The standard InChI is InChI=1S/C11H16FNO3S/c1-9(5-6-14)8-13-17(15,16)11-4-2-3-10(12)7-11/h2-4,7,9,13-14H,5-6,8H2,1H3. The minimum atomic E-state index is -3.67. The van der Waals surface area contributed by atoms with Gasteiger partial charge in [0.25, 0.3) is 0 Å². The summed E-state index contributed by atoms with van der Waals surface area (Å²) >= 11 is 0. The Morgan fingerprint density at radius 2 is 2.18 bits per heavy atom. The third-order valence-corrected chi connectivity index (χ3v) is 3.77. The van der Waals surface area contributed by atoms with Crippen LogP contribution in [0.3, 0.4) is 0 Å². The van der Waals surface area contributed by atoms with Crippen LogP contribution in [0.2, 0.25) is 0 Å². The third kappa shape index (κ3) is 4.41. The first-order chi connectivity index (χ1) is 7.95. The molecule has 0 bridgehead atoms. The van der Waals surface area contributed by atoms with E-state index in [9.17, 15) is 12.8 Å². The molecular weight excluding hydrogens is 245 g/mol. The molecule has 96 valence electrons. The van der Waals surface area contributed by atoms with Crippen molar-refractivity contribution in [2.75, 3.05) is 13.2 Å². The van der Waals surface area contributed by atoms with Crippen LogP contribution in [0.5, 0.6) is 0 Å². The van der Waals surface area contributed by atoms with Crippen molar-refractivity contribution in [1.29, 1.82) is 0 Å². The number of aliphatic hydroxyl groups excluding tert-OH is 1. The maximum absolute atomic E-state index is 12.9. The van der Waals surface area contributed by atoms with Gasteiger partial charge in [-0.2, -0.15) is 0 Å².